The molecule has 0 fully saturated rings. The number of aromatic nitrogens is 4. The molecule has 74 valence electrons. The standard InChI is InChI=1S/C8H8Cl2N4/c1-5-6(2-3-9)8(10)14-7(12-5)4-11-13-14/h4H,2-3H2,1H3. The first-order valence-corrected chi connectivity index (χ1v) is 5.06. The molecule has 6 heteroatoms. The first-order chi connectivity index (χ1) is 6.74. The Morgan fingerprint density at radius 2 is 2.29 bits per heavy atom. The van der Waals surface area contributed by atoms with Crippen LogP contribution < -0.4 is 0 Å². The summed E-state index contributed by atoms with van der Waals surface area (Å²) in [4.78, 5) is 4.31. The lowest BCUT2D eigenvalue weighted by molar-refractivity contribution is 0.829. The molecule has 0 aliphatic carbocycles. The van der Waals surface area contributed by atoms with Crippen molar-refractivity contribution >= 4 is 28.8 Å². The van der Waals surface area contributed by atoms with E-state index >= 15 is 0 Å². The molecule has 2 aromatic heterocycles. The summed E-state index contributed by atoms with van der Waals surface area (Å²) < 4.78 is 1.51. The third-order valence-electron chi connectivity index (χ3n) is 2.03. The number of alkyl halides is 1. The molecule has 4 nitrogen and oxygen atoms in total. The molecule has 0 atom stereocenters. The summed E-state index contributed by atoms with van der Waals surface area (Å²) >= 11 is 11.8. The molecule has 2 heterocycles. The first-order valence-electron chi connectivity index (χ1n) is 4.15. The smallest absolute Gasteiger partial charge is 0.177 e. The molecule has 0 radical (unpaired) electrons. The van der Waals surface area contributed by atoms with Crippen LogP contribution in [0.15, 0.2) is 6.20 Å². The topological polar surface area (TPSA) is 43.1 Å². The SMILES string of the molecule is Cc1nc2cnnn2c(Cl)c1CCCl. The van der Waals surface area contributed by atoms with E-state index in [1.54, 1.807) is 6.20 Å². The summed E-state index contributed by atoms with van der Waals surface area (Å²) in [5.41, 5.74) is 2.47. The Morgan fingerprint density at radius 3 is 3.00 bits per heavy atom. The number of aryl methyl sites for hydroxylation is 1. The van der Waals surface area contributed by atoms with E-state index in [0.717, 1.165) is 11.3 Å². The number of nitrogens with zero attached hydrogens (tertiary/aromatic N) is 4. The quantitative estimate of drug-likeness (QED) is 0.585. The van der Waals surface area contributed by atoms with Gasteiger partial charge in [-0.1, -0.05) is 16.8 Å². The summed E-state index contributed by atoms with van der Waals surface area (Å²) in [6, 6.07) is 0. The molecule has 14 heavy (non-hydrogen) atoms. The second-order valence-electron chi connectivity index (χ2n) is 2.91. The molecule has 2 rings (SSSR count). The van der Waals surface area contributed by atoms with E-state index in [4.69, 9.17) is 23.2 Å². The van der Waals surface area contributed by atoms with Gasteiger partial charge >= 0.3 is 0 Å². The van der Waals surface area contributed by atoms with Crippen LogP contribution in [0.25, 0.3) is 5.65 Å². The number of rotatable bonds is 2. The van der Waals surface area contributed by atoms with Gasteiger partial charge in [-0.15, -0.1) is 16.7 Å². The third-order valence-corrected chi connectivity index (χ3v) is 2.61. The zero-order valence-corrected chi connectivity index (χ0v) is 9.05. The van der Waals surface area contributed by atoms with Crippen LogP contribution in [0.4, 0.5) is 0 Å². The fourth-order valence-corrected chi connectivity index (χ4v) is 1.88. The largest absolute Gasteiger partial charge is 0.232 e. The molecular weight excluding hydrogens is 223 g/mol. The Labute approximate surface area is 90.8 Å². The summed E-state index contributed by atoms with van der Waals surface area (Å²) in [6.07, 6.45) is 2.26. The highest BCUT2D eigenvalue weighted by molar-refractivity contribution is 6.30. The summed E-state index contributed by atoms with van der Waals surface area (Å²) in [6.45, 7) is 1.90. The first kappa shape index (κ1) is 9.68. The summed E-state index contributed by atoms with van der Waals surface area (Å²) in [5.74, 6) is 0.516. The van der Waals surface area contributed by atoms with E-state index in [1.807, 2.05) is 6.92 Å². The zero-order valence-electron chi connectivity index (χ0n) is 7.54. The van der Waals surface area contributed by atoms with Gasteiger partial charge in [0.15, 0.2) is 5.65 Å². The van der Waals surface area contributed by atoms with Gasteiger partial charge in [-0.05, 0) is 13.3 Å². The Morgan fingerprint density at radius 1 is 1.50 bits per heavy atom. The Kier molecular flexibility index (Phi) is 2.56. The molecule has 0 saturated heterocycles. The van der Waals surface area contributed by atoms with Gasteiger partial charge in [-0.25, -0.2) is 4.98 Å². The lowest BCUT2D eigenvalue weighted by Gasteiger charge is -2.06. The predicted octanol–water partition coefficient (Wildman–Crippen LogP) is 1.87. The van der Waals surface area contributed by atoms with Crippen LogP contribution in [0.3, 0.4) is 0 Å². The van der Waals surface area contributed by atoms with Gasteiger partial charge in [0.25, 0.3) is 0 Å². The lowest BCUT2D eigenvalue weighted by atomic mass is 10.2. The van der Waals surface area contributed by atoms with Crippen LogP contribution in [-0.2, 0) is 6.42 Å². The number of hydrogen-bond donors (Lipinski definition) is 0. The van der Waals surface area contributed by atoms with Gasteiger partial charge in [-0.2, -0.15) is 4.52 Å². The highest BCUT2D eigenvalue weighted by Crippen LogP contribution is 2.19. The van der Waals surface area contributed by atoms with Crippen LogP contribution in [0, 0.1) is 6.92 Å². The van der Waals surface area contributed by atoms with Crippen molar-refractivity contribution in [3.63, 3.8) is 0 Å². The van der Waals surface area contributed by atoms with Crippen molar-refractivity contribution in [3.8, 4) is 0 Å². The van der Waals surface area contributed by atoms with Crippen molar-refractivity contribution in [1.29, 1.82) is 0 Å². The van der Waals surface area contributed by atoms with E-state index in [0.29, 0.717) is 23.1 Å². The number of halogens is 2. The Bertz CT molecular complexity index is 466. The van der Waals surface area contributed by atoms with Crippen LogP contribution in [0.1, 0.15) is 11.3 Å². The minimum absolute atomic E-state index is 0.516. The van der Waals surface area contributed by atoms with Crippen molar-refractivity contribution < 1.29 is 0 Å². The van der Waals surface area contributed by atoms with Crippen molar-refractivity contribution in [1.82, 2.24) is 19.8 Å². The van der Waals surface area contributed by atoms with Gasteiger partial charge in [-0.3, -0.25) is 0 Å². The molecule has 0 aliphatic rings. The average Bonchev–Trinajstić information content (AvgIpc) is 2.60. The van der Waals surface area contributed by atoms with Gasteiger partial charge in [0, 0.05) is 17.1 Å². The van der Waals surface area contributed by atoms with Crippen LogP contribution in [0.2, 0.25) is 5.15 Å². The summed E-state index contributed by atoms with van der Waals surface area (Å²) in [7, 11) is 0. The molecule has 0 aromatic carbocycles. The molecule has 0 unspecified atom stereocenters. The van der Waals surface area contributed by atoms with E-state index in [2.05, 4.69) is 15.3 Å². The van der Waals surface area contributed by atoms with Gasteiger partial charge in [0.05, 0.1) is 6.20 Å². The average molecular weight is 231 g/mol. The highest BCUT2D eigenvalue weighted by Gasteiger charge is 2.11. The number of fused-ring (bicyclic) bond motifs is 1. The van der Waals surface area contributed by atoms with E-state index in [-0.39, 0.29) is 0 Å². The molecule has 0 amide bonds. The van der Waals surface area contributed by atoms with Crippen LogP contribution >= 0.6 is 23.2 Å². The Hall–Kier alpha value is -0.870. The zero-order chi connectivity index (χ0) is 10.1. The molecule has 0 aliphatic heterocycles. The third kappa shape index (κ3) is 1.44. The van der Waals surface area contributed by atoms with Crippen LogP contribution in [0.5, 0.6) is 0 Å². The van der Waals surface area contributed by atoms with E-state index < -0.39 is 0 Å². The maximum Gasteiger partial charge on any atom is 0.177 e. The normalized spacial score (nSPS) is 11.1. The Balaban J connectivity index is 2.69. The van der Waals surface area contributed by atoms with Gasteiger partial charge in [0.1, 0.15) is 5.15 Å². The van der Waals surface area contributed by atoms with Crippen molar-refractivity contribution in [2.75, 3.05) is 5.88 Å². The van der Waals surface area contributed by atoms with E-state index in [9.17, 15) is 0 Å². The molecule has 0 saturated carbocycles. The van der Waals surface area contributed by atoms with Crippen LogP contribution in [-0.4, -0.2) is 25.7 Å². The van der Waals surface area contributed by atoms with Crippen molar-refractivity contribution in [3.05, 3.63) is 22.6 Å². The minimum atomic E-state index is 0.516. The minimum Gasteiger partial charge on any atom is -0.232 e. The van der Waals surface area contributed by atoms with E-state index in [1.165, 1.54) is 4.52 Å². The highest BCUT2D eigenvalue weighted by atomic mass is 35.5. The molecule has 0 spiro atoms. The molecule has 2 aromatic rings. The fourth-order valence-electron chi connectivity index (χ4n) is 1.34. The maximum absolute atomic E-state index is 6.13. The van der Waals surface area contributed by atoms with Crippen molar-refractivity contribution in [2.24, 2.45) is 0 Å². The van der Waals surface area contributed by atoms with Crippen molar-refractivity contribution in [2.45, 2.75) is 13.3 Å². The maximum atomic E-state index is 6.13. The second kappa shape index (κ2) is 3.71. The monoisotopic (exact) mass is 230 g/mol. The number of hydrogen-bond acceptors (Lipinski definition) is 3. The van der Waals surface area contributed by atoms with Gasteiger partial charge < -0.3 is 0 Å². The molecular formula is C8H8Cl2N4. The molecule has 0 bridgehead atoms. The summed E-state index contributed by atoms with van der Waals surface area (Å²) in [5, 5.41) is 8.12. The lowest BCUT2D eigenvalue weighted by Crippen LogP contribution is -2.03. The molecule has 0 N–H and O–H groups in total. The fraction of sp³-hybridized carbons (Fsp3) is 0.375. The predicted molar refractivity (Wildman–Crippen MR) is 55.0 cm³/mol. The second-order valence-corrected chi connectivity index (χ2v) is 3.65. The van der Waals surface area contributed by atoms with Gasteiger partial charge in [0.2, 0.25) is 0 Å².